The largest absolute Gasteiger partial charge is 0.507 e. The maximum Gasteiger partial charge on any atom is 0.330 e. The molecule has 9 nitrogen and oxygen atoms in total. The number of rotatable bonds is 6. The normalized spacial score (nSPS) is 24.3. The van der Waals surface area contributed by atoms with Gasteiger partial charge in [0.05, 0.1) is 0 Å². The van der Waals surface area contributed by atoms with Gasteiger partial charge in [-0.25, -0.2) is 9.79 Å². The second-order valence-electron chi connectivity index (χ2n) is 11.0. The summed E-state index contributed by atoms with van der Waals surface area (Å²) in [6, 6.07) is 2.39. The molecule has 3 rings (SSSR count). The standard InChI is InChI=1S/C26H34N2O7S/c1-14(29)35-12-16-13-36-23-26(34-8,22(33)28(23)19(16)21(31)32)27-11-15-9-17(24(2,3)4)20(30)18(10-15)25(5,6)7/h9-11,13,19,23,30H,12H2,1-8H3,(H,31,32)/t19?,23-,26+/m1/s1. The van der Waals surface area contributed by atoms with Crippen molar-refractivity contribution in [3.8, 4) is 5.75 Å². The highest BCUT2D eigenvalue weighted by Gasteiger charge is 2.67. The lowest BCUT2D eigenvalue weighted by molar-refractivity contribution is -0.192. The van der Waals surface area contributed by atoms with Crippen LogP contribution in [0.4, 0.5) is 0 Å². The molecule has 2 N–H and O–H groups in total. The molecule has 0 aromatic heterocycles. The SMILES string of the molecule is CO[C@@]1(N=Cc2cc(C(C)(C)C)c(O)c(C(C)(C)C)c2)C(=O)N2C(C(=O)O)C(COC(C)=O)=CS[C@@H]21. The monoisotopic (exact) mass is 518 g/mol. The van der Waals surface area contributed by atoms with E-state index in [2.05, 4.69) is 4.99 Å². The molecule has 2 aliphatic rings. The smallest absolute Gasteiger partial charge is 0.330 e. The Morgan fingerprint density at radius 2 is 1.72 bits per heavy atom. The highest BCUT2D eigenvalue weighted by Crippen LogP contribution is 2.48. The Balaban J connectivity index is 2.01. The summed E-state index contributed by atoms with van der Waals surface area (Å²) in [6.07, 6.45) is 1.54. The number of phenols is 1. The van der Waals surface area contributed by atoms with Gasteiger partial charge in [0.2, 0.25) is 0 Å². The molecule has 10 heteroatoms. The van der Waals surface area contributed by atoms with E-state index in [0.717, 1.165) is 11.1 Å². The van der Waals surface area contributed by atoms with Crippen LogP contribution in [0, 0.1) is 0 Å². The maximum atomic E-state index is 13.3. The van der Waals surface area contributed by atoms with Crippen LogP contribution in [0.3, 0.4) is 0 Å². The number of aliphatic carboxylic acids is 1. The number of hydrogen-bond donors (Lipinski definition) is 2. The molecule has 1 saturated heterocycles. The van der Waals surface area contributed by atoms with Crippen LogP contribution in [0.5, 0.6) is 5.75 Å². The Hall–Kier alpha value is -2.85. The van der Waals surface area contributed by atoms with Crippen molar-refractivity contribution in [1.29, 1.82) is 0 Å². The molecule has 0 bridgehead atoms. The minimum atomic E-state index is -1.61. The van der Waals surface area contributed by atoms with Gasteiger partial charge in [-0.2, -0.15) is 0 Å². The minimum absolute atomic E-state index is 0.224. The number of benzene rings is 1. The summed E-state index contributed by atoms with van der Waals surface area (Å²) in [6.45, 7) is 13.0. The number of carbonyl (C=O) groups is 3. The number of hydrogen-bond acceptors (Lipinski definition) is 8. The predicted octanol–water partition coefficient (Wildman–Crippen LogP) is 3.56. The predicted molar refractivity (Wildman–Crippen MR) is 137 cm³/mol. The Morgan fingerprint density at radius 1 is 1.17 bits per heavy atom. The highest BCUT2D eigenvalue weighted by molar-refractivity contribution is 8.03. The number of fused-ring (bicyclic) bond motifs is 1. The Kier molecular flexibility index (Phi) is 7.36. The quantitative estimate of drug-likeness (QED) is 0.333. The average Bonchev–Trinajstić information content (AvgIpc) is 2.76. The number of carbonyl (C=O) groups excluding carboxylic acids is 2. The van der Waals surface area contributed by atoms with Gasteiger partial charge in [-0.1, -0.05) is 41.5 Å². The number of amides is 1. The number of esters is 1. The van der Waals surface area contributed by atoms with Crippen molar-refractivity contribution in [3.63, 3.8) is 0 Å². The molecule has 1 aromatic carbocycles. The Morgan fingerprint density at radius 3 is 2.17 bits per heavy atom. The molecule has 0 saturated carbocycles. The molecule has 2 heterocycles. The fourth-order valence-electron chi connectivity index (χ4n) is 4.31. The van der Waals surface area contributed by atoms with E-state index in [4.69, 9.17) is 9.47 Å². The highest BCUT2D eigenvalue weighted by atomic mass is 32.2. The third-order valence-corrected chi connectivity index (χ3v) is 7.49. The van der Waals surface area contributed by atoms with Crippen LogP contribution in [0.1, 0.15) is 65.2 Å². The van der Waals surface area contributed by atoms with Crippen LogP contribution in [-0.2, 0) is 34.7 Å². The summed E-state index contributed by atoms with van der Waals surface area (Å²) >= 11 is 1.19. The van der Waals surface area contributed by atoms with E-state index in [1.807, 2.05) is 53.7 Å². The lowest BCUT2D eigenvalue weighted by Gasteiger charge is -2.55. The first kappa shape index (κ1) is 27.7. The third-order valence-electron chi connectivity index (χ3n) is 6.25. The molecule has 2 aliphatic heterocycles. The molecule has 1 unspecified atom stereocenters. The van der Waals surface area contributed by atoms with Crippen molar-refractivity contribution in [1.82, 2.24) is 4.90 Å². The number of phenolic OH excluding ortho intramolecular Hbond substituents is 1. The van der Waals surface area contributed by atoms with Crippen LogP contribution in [-0.4, -0.2) is 70.0 Å². The van der Waals surface area contributed by atoms with Crippen LogP contribution < -0.4 is 0 Å². The maximum absolute atomic E-state index is 13.3. The van der Waals surface area contributed by atoms with Crippen molar-refractivity contribution in [2.75, 3.05) is 13.7 Å². The average molecular weight is 519 g/mol. The van der Waals surface area contributed by atoms with E-state index < -0.39 is 35.0 Å². The first-order valence-electron chi connectivity index (χ1n) is 11.6. The van der Waals surface area contributed by atoms with Crippen molar-refractivity contribution >= 4 is 35.8 Å². The molecule has 0 radical (unpaired) electrons. The van der Waals surface area contributed by atoms with Crippen molar-refractivity contribution < 1.29 is 34.1 Å². The fourth-order valence-corrected chi connectivity index (χ4v) is 5.60. The third kappa shape index (κ3) is 4.88. The minimum Gasteiger partial charge on any atom is -0.507 e. The number of carboxylic acids is 1. The lowest BCUT2D eigenvalue weighted by atomic mass is 9.78. The topological polar surface area (TPSA) is 126 Å². The van der Waals surface area contributed by atoms with E-state index in [-0.39, 0.29) is 23.2 Å². The van der Waals surface area contributed by atoms with Crippen LogP contribution in [0.25, 0.3) is 0 Å². The summed E-state index contributed by atoms with van der Waals surface area (Å²) in [5.41, 5.74) is 0.195. The molecule has 1 amide bonds. The fraction of sp³-hybridized carbons (Fsp3) is 0.538. The summed E-state index contributed by atoms with van der Waals surface area (Å²) in [4.78, 5) is 42.3. The van der Waals surface area contributed by atoms with Gasteiger partial charge in [0, 0.05) is 36.9 Å². The van der Waals surface area contributed by atoms with Gasteiger partial charge < -0.3 is 24.6 Å². The summed E-state index contributed by atoms with van der Waals surface area (Å²) < 4.78 is 10.6. The van der Waals surface area contributed by atoms with E-state index in [1.54, 1.807) is 5.41 Å². The van der Waals surface area contributed by atoms with Crippen molar-refractivity contribution in [2.45, 2.75) is 76.4 Å². The van der Waals surface area contributed by atoms with E-state index in [0.29, 0.717) is 11.1 Å². The molecule has 196 valence electrons. The zero-order chi connectivity index (χ0) is 27.2. The number of carboxylic acid groups (broad SMARTS) is 1. The zero-order valence-corrected chi connectivity index (χ0v) is 22.7. The van der Waals surface area contributed by atoms with Crippen LogP contribution in [0.2, 0.25) is 0 Å². The number of nitrogens with zero attached hydrogens (tertiary/aromatic N) is 2. The number of aliphatic imine (C=N–C) groups is 1. The molecule has 3 atom stereocenters. The lowest BCUT2D eigenvalue weighted by Crippen LogP contribution is -2.76. The number of ether oxygens (including phenoxy) is 2. The van der Waals surface area contributed by atoms with Gasteiger partial charge in [-0.15, -0.1) is 11.8 Å². The van der Waals surface area contributed by atoms with Crippen LogP contribution >= 0.6 is 11.8 Å². The van der Waals surface area contributed by atoms with Crippen molar-refractivity contribution in [3.05, 3.63) is 39.8 Å². The zero-order valence-electron chi connectivity index (χ0n) is 21.9. The molecule has 36 heavy (non-hydrogen) atoms. The molecule has 1 aromatic rings. The summed E-state index contributed by atoms with van der Waals surface area (Å²) in [5.74, 6) is -2.14. The molecule has 1 fully saturated rings. The van der Waals surface area contributed by atoms with Crippen molar-refractivity contribution in [2.24, 2.45) is 4.99 Å². The van der Waals surface area contributed by atoms with Gasteiger partial charge in [0.15, 0.2) is 6.04 Å². The van der Waals surface area contributed by atoms with Gasteiger partial charge in [0.1, 0.15) is 17.7 Å². The van der Waals surface area contributed by atoms with Gasteiger partial charge in [-0.3, -0.25) is 9.59 Å². The summed E-state index contributed by atoms with van der Waals surface area (Å²) in [7, 11) is 1.36. The first-order valence-corrected chi connectivity index (χ1v) is 12.5. The van der Waals surface area contributed by atoms with Crippen LogP contribution in [0.15, 0.2) is 28.1 Å². The van der Waals surface area contributed by atoms with E-state index in [1.165, 1.54) is 36.9 Å². The first-order chi connectivity index (χ1) is 16.5. The van der Waals surface area contributed by atoms with E-state index in [9.17, 15) is 24.6 Å². The number of methoxy groups -OCH3 is 1. The number of aromatic hydroxyl groups is 1. The van der Waals surface area contributed by atoms with Gasteiger partial charge >= 0.3 is 11.9 Å². The molecule has 0 spiro atoms. The second kappa shape index (κ2) is 9.55. The van der Waals surface area contributed by atoms with Gasteiger partial charge in [-0.05, 0) is 33.9 Å². The van der Waals surface area contributed by atoms with Gasteiger partial charge in [0.25, 0.3) is 11.6 Å². The van der Waals surface area contributed by atoms with E-state index >= 15 is 0 Å². The molecular weight excluding hydrogens is 484 g/mol. The summed E-state index contributed by atoms with van der Waals surface area (Å²) in [5, 5.41) is 21.7. The molecule has 0 aliphatic carbocycles. The number of thioether (sulfide) groups is 1. The number of β-lactam (4-membered cyclic amide) rings is 1. The Bertz CT molecular complexity index is 1110. The molecular formula is C26H34N2O7S. The Labute approximate surface area is 215 Å². The second-order valence-corrected chi connectivity index (χ2v) is 12.0.